The highest BCUT2D eigenvalue weighted by Crippen LogP contribution is 2.22. The van der Waals surface area contributed by atoms with Crippen LogP contribution in [0.4, 0.5) is 10.5 Å². The van der Waals surface area contributed by atoms with Crippen LogP contribution < -0.4 is 10.6 Å². The Balaban J connectivity index is 2.10. The molecule has 3 N–H and O–H groups in total. The van der Waals surface area contributed by atoms with E-state index in [1.165, 1.54) is 5.56 Å². The van der Waals surface area contributed by atoms with Crippen LogP contribution in [0.5, 0.6) is 0 Å². The van der Waals surface area contributed by atoms with Crippen molar-refractivity contribution in [3.05, 3.63) is 64.7 Å². The smallest absolute Gasteiger partial charge is 0.319 e. The van der Waals surface area contributed by atoms with Gasteiger partial charge in [-0.3, -0.25) is 0 Å². The second-order valence-electron chi connectivity index (χ2n) is 5.52. The van der Waals surface area contributed by atoms with Crippen molar-refractivity contribution in [2.24, 2.45) is 0 Å². The van der Waals surface area contributed by atoms with Crippen LogP contribution in [0.15, 0.2) is 42.5 Å². The molecule has 0 saturated heterocycles. The molecule has 0 unspecified atom stereocenters. The monoisotopic (exact) mass is 298 g/mol. The third-order valence-corrected chi connectivity index (χ3v) is 3.61. The van der Waals surface area contributed by atoms with Gasteiger partial charge in [0.05, 0.1) is 12.6 Å². The third-order valence-electron chi connectivity index (χ3n) is 3.61. The lowest BCUT2D eigenvalue weighted by Crippen LogP contribution is -2.34. The number of carbonyl (C=O) groups is 1. The highest BCUT2D eigenvalue weighted by Gasteiger charge is 2.14. The second kappa shape index (κ2) is 7.09. The fourth-order valence-electron chi connectivity index (χ4n) is 2.60. The van der Waals surface area contributed by atoms with Crippen molar-refractivity contribution in [3.63, 3.8) is 0 Å². The molecule has 0 aliphatic carbocycles. The Morgan fingerprint density at radius 2 is 1.68 bits per heavy atom. The molecule has 0 fully saturated rings. The first kappa shape index (κ1) is 16.0. The Bertz CT molecular complexity index is 630. The lowest BCUT2D eigenvalue weighted by atomic mass is 10.1. The zero-order valence-corrected chi connectivity index (χ0v) is 13.2. The van der Waals surface area contributed by atoms with E-state index in [2.05, 4.69) is 10.6 Å². The Labute approximate surface area is 131 Å². The molecule has 0 aliphatic rings. The molecule has 0 radical (unpaired) electrons. The molecule has 0 spiro atoms. The zero-order valence-electron chi connectivity index (χ0n) is 13.2. The van der Waals surface area contributed by atoms with E-state index < -0.39 is 6.04 Å². The molecule has 4 nitrogen and oxygen atoms in total. The second-order valence-corrected chi connectivity index (χ2v) is 5.52. The van der Waals surface area contributed by atoms with Crippen LogP contribution in [0.3, 0.4) is 0 Å². The van der Waals surface area contributed by atoms with Crippen LogP contribution >= 0.6 is 0 Å². The maximum absolute atomic E-state index is 12.2. The summed E-state index contributed by atoms with van der Waals surface area (Å²) in [4.78, 5) is 12.2. The number of anilines is 1. The van der Waals surface area contributed by atoms with Gasteiger partial charge in [0.2, 0.25) is 0 Å². The Morgan fingerprint density at radius 1 is 1.09 bits per heavy atom. The van der Waals surface area contributed by atoms with Gasteiger partial charge >= 0.3 is 6.03 Å². The van der Waals surface area contributed by atoms with Gasteiger partial charge in [-0.15, -0.1) is 0 Å². The molecule has 0 aliphatic heterocycles. The summed E-state index contributed by atoms with van der Waals surface area (Å²) in [7, 11) is 0. The van der Waals surface area contributed by atoms with Crippen molar-refractivity contribution in [1.29, 1.82) is 0 Å². The Morgan fingerprint density at radius 3 is 2.23 bits per heavy atom. The standard InChI is InChI=1S/C18H22N2O2/c1-12-9-13(2)17(14(3)10-12)20-18(22)19-16(11-21)15-7-5-4-6-8-15/h4-10,16,21H,11H2,1-3H3,(H2,19,20,22)/t16-/m1/s1. The van der Waals surface area contributed by atoms with Crippen molar-refractivity contribution >= 4 is 11.7 Å². The highest BCUT2D eigenvalue weighted by molar-refractivity contribution is 5.91. The van der Waals surface area contributed by atoms with Crippen molar-refractivity contribution < 1.29 is 9.90 Å². The lowest BCUT2D eigenvalue weighted by molar-refractivity contribution is 0.225. The summed E-state index contributed by atoms with van der Waals surface area (Å²) in [5, 5.41) is 15.2. The van der Waals surface area contributed by atoms with E-state index in [1.807, 2.05) is 63.2 Å². The van der Waals surface area contributed by atoms with Crippen LogP contribution in [0.2, 0.25) is 0 Å². The number of rotatable bonds is 4. The predicted molar refractivity (Wildman–Crippen MR) is 89.1 cm³/mol. The summed E-state index contributed by atoms with van der Waals surface area (Å²) < 4.78 is 0. The summed E-state index contributed by atoms with van der Waals surface area (Å²) in [5.74, 6) is 0. The normalized spacial score (nSPS) is 11.8. The fraction of sp³-hybridized carbons (Fsp3) is 0.278. The van der Waals surface area contributed by atoms with Gasteiger partial charge in [0, 0.05) is 5.69 Å². The lowest BCUT2D eigenvalue weighted by Gasteiger charge is -2.19. The van der Waals surface area contributed by atoms with Crippen LogP contribution in [-0.4, -0.2) is 17.7 Å². The number of amides is 2. The summed E-state index contributed by atoms with van der Waals surface area (Å²) in [6, 6.07) is 12.7. The molecule has 0 heterocycles. The number of nitrogens with one attached hydrogen (secondary N) is 2. The highest BCUT2D eigenvalue weighted by atomic mass is 16.3. The minimum atomic E-state index is -0.424. The summed E-state index contributed by atoms with van der Waals surface area (Å²) in [5.41, 5.74) is 4.89. The minimum Gasteiger partial charge on any atom is -0.394 e. The van der Waals surface area contributed by atoms with Gasteiger partial charge in [0.1, 0.15) is 0 Å². The van der Waals surface area contributed by atoms with E-state index in [0.717, 1.165) is 22.4 Å². The van der Waals surface area contributed by atoms with E-state index >= 15 is 0 Å². The van der Waals surface area contributed by atoms with Gasteiger partial charge in [-0.1, -0.05) is 48.0 Å². The quantitative estimate of drug-likeness (QED) is 0.809. The molecule has 22 heavy (non-hydrogen) atoms. The largest absolute Gasteiger partial charge is 0.394 e. The summed E-state index contributed by atoms with van der Waals surface area (Å²) in [6.45, 7) is 5.82. The Hall–Kier alpha value is -2.33. The molecule has 1 atom stereocenters. The van der Waals surface area contributed by atoms with Crippen molar-refractivity contribution in [2.75, 3.05) is 11.9 Å². The number of benzene rings is 2. The molecule has 116 valence electrons. The predicted octanol–water partition coefficient (Wildman–Crippen LogP) is 3.47. The number of hydrogen-bond acceptors (Lipinski definition) is 2. The molecule has 4 heteroatoms. The first-order valence-corrected chi connectivity index (χ1v) is 7.32. The van der Waals surface area contributed by atoms with Crippen LogP contribution in [-0.2, 0) is 0 Å². The topological polar surface area (TPSA) is 61.4 Å². The number of aliphatic hydroxyl groups is 1. The molecule has 2 aromatic carbocycles. The van der Waals surface area contributed by atoms with Gasteiger partial charge in [-0.2, -0.15) is 0 Å². The molecule has 0 bridgehead atoms. The van der Waals surface area contributed by atoms with Crippen molar-refractivity contribution in [3.8, 4) is 0 Å². The Kier molecular flexibility index (Phi) is 5.17. The number of aryl methyl sites for hydroxylation is 3. The van der Waals surface area contributed by atoms with E-state index in [9.17, 15) is 9.90 Å². The van der Waals surface area contributed by atoms with Gasteiger partial charge in [0.25, 0.3) is 0 Å². The molecule has 0 aromatic heterocycles. The van der Waals surface area contributed by atoms with Gasteiger partial charge in [-0.05, 0) is 37.5 Å². The molecule has 2 rings (SSSR count). The van der Waals surface area contributed by atoms with Crippen LogP contribution in [0, 0.1) is 20.8 Å². The SMILES string of the molecule is Cc1cc(C)c(NC(=O)N[C@H](CO)c2ccccc2)c(C)c1. The molecule has 0 saturated carbocycles. The average molecular weight is 298 g/mol. The number of aliphatic hydroxyl groups excluding tert-OH is 1. The molecule has 2 amide bonds. The maximum Gasteiger partial charge on any atom is 0.319 e. The first-order valence-electron chi connectivity index (χ1n) is 7.32. The van der Waals surface area contributed by atoms with E-state index in [-0.39, 0.29) is 12.6 Å². The fourth-order valence-corrected chi connectivity index (χ4v) is 2.60. The number of hydrogen-bond donors (Lipinski definition) is 3. The summed E-state index contributed by atoms with van der Waals surface area (Å²) >= 11 is 0. The van der Waals surface area contributed by atoms with Crippen molar-refractivity contribution in [1.82, 2.24) is 5.32 Å². The first-order chi connectivity index (χ1) is 10.5. The van der Waals surface area contributed by atoms with E-state index in [0.29, 0.717) is 0 Å². The van der Waals surface area contributed by atoms with Crippen LogP contribution in [0.1, 0.15) is 28.3 Å². The average Bonchev–Trinajstić information content (AvgIpc) is 2.49. The zero-order chi connectivity index (χ0) is 16.1. The minimum absolute atomic E-state index is 0.150. The van der Waals surface area contributed by atoms with E-state index in [1.54, 1.807) is 0 Å². The molecular weight excluding hydrogens is 276 g/mol. The number of carbonyl (C=O) groups excluding carboxylic acids is 1. The third kappa shape index (κ3) is 3.86. The van der Waals surface area contributed by atoms with Gasteiger partial charge in [0.15, 0.2) is 0 Å². The molecule has 2 aromatic rings. The summed E-state index contributed by atoms with van der Waals surface area (Å²) in [6.07, 6.45) is 0. The van der Waals surface area contributed by atoms with Gasteiger partial charge in [-0.25, -0.2) is 4.79 Å². The molecular formula is C18H22N2O2. The maximum atomic E-state index is 12.2. The van der Waals surface area contributed by atoms with Crippen molar-refractivity contribution in [2.45, 2.75) is 26.8 Å². The van der Waals surface area contributed by atoms with E-state index in [4.69, 9.17) is 0 Å². The number of urea groups is 1. The van der Waals surface area contributed by atoms with Crippen LogP contribution in [0.25, 0.3) is 0 Å². The van der Waals surface area contributed by atoms with Gasteiger partial charge < -0.3 is 15.7 Å².